The average molecular weight is 191 g/mol. The van der Waals surface area contributed by atoms with E-state index >= 15 is 0 Å². The van der Waals surface area contributed by atoms with Gasteiger partial charge in [0, 0.05) is 10.1 Å². The number of hydrogen-bond acceptors (Lipinski definition) is 2. The Hall–Kier alpha value is -1.40. The molecule has 0 atom stereocenters. The highest BCUT2D eigenvalue weighted by atomic mass is 32.1. The van der Waals surface area contributed by atoms with Crippen molar-refractivity contribution in [2.45, 2.75) is 6.92 Å². The van der Waals surface area contributed by atoms with Crippen molar-refractivity contribution in [2.75, 3.05) is 0 Å². The van der Waals surface area contributed by atoms with E-state index in [9.17, 15) is 4.39 Å². The first-order valence-electron chi connectivity index (χ1n) is 3.81. The zero-order valence-corrected chi connectivity index (χ0v) is 7.78. The topological polar surface area (TPSA) is 23.8 Å². The van der Waals surface area contributed by atoms with Gasteiger partial charge in [-0.2, -0.15) is 9.65 Å². The molecule has 0 spiro atoms. The standard InChI is InChI=1S/C10H6FNS/c1-6-2-3-7(5-12)8-4-9(11)13-10(6)8/h2-4H,1H3. The molecule has 0 aliphatic carbocycles. The van der Waals surface area contributed by atoms with Crippen molar-refractivity contribution in [3.63, 3.8) is 0 Å². The van der Waals surface area contributed by atoms with Crippen molar-refractivity contribution in [3.05, 3.63) is 34.5 Å². The first kappa shape index (κ1) is 8.21. The number of benzene rings is 1. The number of halogens is 1. The summed E-state index contributed by atoms with van der Waals surface area (Å²) in [6.45, 7) is 1.92. The number of nitriles is 1. The van der Waals surface area contributed by atoms with Crippen LogP contribution in [0.1, 0.15) is 11.1 Å². The van der Waals surface area contributed by atoms with Crippen LogP contribution in [0.4, 0.5) is 4.39 Å². The van der Waals surface area contributed by atoms with Gasteiger partial charge in [0.25, 0.3) is 0 Å². The van der Waals surface area contributed by atoms with Gasteiger partial charge in [0.05, 0.1) is 11.6 Å². The fourth-order valence-electron chi connectivity index (χ4n) is 1.33. The lowest BCUT2D eigenvalue weighted by atomic mass is 10.1. The minimum Gasteiger partial charge on any atom is -0.195 e. The van der Waals surface area contributed by atoms with Crippen LogP contribution >= 0.6 is 11.3 Å². The Morgan fingerprint density at radius 2 is 2.23 bits per heavy atom. The summed E-state index contributed by atoms with van der Waals surface area (Å²) in [6, 6.07) is 7.04. The minimum atomic E-state index is -0.235. The van der Waals surface area contributed by atoms with Crippen LogP contribution < -0.4 is 0 Å². The molecule has 0 N–H and O–H groups in total. The molecule has 1 aromatic heterocycles. The zero-order chi connectivity index (χ0) is 9.42. The molecule has 0 aliphatic rings. The second kappa shape index (κ2) is 2.82. The third-order valence-corrected chi connectivity index (χ3v) is 3.03. The van der Waals surface area contributed by atoms with Gasteiger partial charge >= 0.3 is 0 Å². The van der Waals surface area contributed by atoms with Crippen molar-refractivity contribution < 1.29 is 4.39 Å². The third-order valence-electron chi connectivity index (χ3n) is 1.97. The van der Waals surface area contributed by atoms with Crippen molar-refractivity contribution in [3.8, 4) is 6.07 Å². The van der Waals surface area contributed by atoms with E-state index in [4.69, 9.17) is 5.26 Å². The molecule has 13 heavy (non-hydrogen) atoms. The highest BCUT2D eigenvalue weighted by Crippen LogP contribution is 2.29. The van der Waals surface area contributed by atoms with Crippen molar-refractivity contribution >= 4 is 21.4 Å². The summed E-state index contributed by atoms with van der Waals surface area (Å²) < 4.78 is 13.8. The smallest absolute Gasteiger partial charge is 0.177 e. The van der Waals surface area contributed by atoms with E-state index < -0.39 is 0 Å². The van der Waals surface area contributed by atoms with E-state index in [1.54, 1.807) is 6.07 Å². The highest BCUT2D eigenvalue weighted by Gasteiger charge is 2.07. The Morgan fingerprint density at radius 3 is 2.92 bits per heavy atom. The fourth-order valence-corrected chi connectivity index (χ4v) is 2.20. The van der Waals surface area contributed by atoms with Crippen LogP contribution in [0, 0.1) is 23.4 Å². The van der Waals surface area contributed by atoms with Gasteiger partial charge in [-0.25, -0.2) is 0 Å². The molecule has 0 radical (unpaired) electrons. The summed E-state index contributed by atoms with van der Waals surface area (Å²) in [5.41, 5.74) is 1.56. The number of thiophene rings is 1. The number of fused-ring (bicyclic) bond motifs is 1. The van der Waals surface area contributed by atoms with Gasteiger partial charge in [-0.1, -0.05) is 6.07 Å². The number of aryl methyl sites for hydroxylation is 1. The predicted molar refractivity (Wildman–Crippen MR) is 51.2 cm³/mol. The molecule has 1 heterocycles. The summed E-state index contributed by atoms with van der Waals surface area (Å²) in [7, 11) is 0. The second-order valence-electron chi connectivity index (χ2n) is 2.84. The Balaban J connectivity index is 2.94. The summed E-state index contributed by atoms with van der Waals surface area (Å²) in [6.07, 6.45) is 0. The first-order valence-corrected chi connectivity index (χ1v) is 4.63. The van der Waals surface area contributed by atoms with Gasteiger partial charge in [-0.15, -0.1) is 11.3 Å². The van der Waals surface area contributed by atoms with Gasteiger partial charge in [0.2, 0.25) is 0 Å². The molecular formula is C10H6FNS. The lowest BCUT2D eigenvalue weighted by Gasteiger charge is -1.95. The highest BCUT2D eigenvalue weighted by molar-refractivity contribution is 7.17. The average Bonchev–Trinajstić information content (AvgIpc) is 2.48. The van der Waals surface area contributed by atoms with Crippen LogP contribution in [0.3, 0.4) is 0 Å². The van der Waals surface area contributed by atoms with E-state index in [-0.39, 0.29) is 5.13 Å². The van der Waals surface area contributed by atoms with Gasteiger partial charge in [-0.3, -0.25) is 0 Å². The normalized spacial score (nSPS) is 10.2. The van der Waals surface area contributed by atoms with Gasteiger partial charge in [0.1, 0.15) is 0 Å². The van der Waals surface area contributed by atoms with Crippen LogP contribution in [-0.2, 0) is 0 Å². The molecule has 1 aromatic carbocycles. The maximum Gasteiger partial charge on any atom is 0.177 e. The van der Waals surface area contributed by atoms with Crippen LogP contribution in [-0.4, -0.2) is 0 Å². The molecular weight excluding hydrogens is 185 g/mol. The van der Waals surface area contributed by atoms with Crippen molar-refractivity contribution in [1.29, 1.82) is 5.26 Å². The van der Waals surface area contributed by atoms with Gasteiger partial charge in [-0.05, 0) is 24.6 Å². The molecule has 0 fully saturated rings. The summed E-state index contributed by atoms with van der Waals surface area (Å²) in [5, 5.41) is 9.26. The Kier molecular flexibility index (Phi) is 1.78. The lowest BCUT2D eigenvalue weighted by molar-refractivity contribution is 0.658. The second-order valence-corrected chi connectivity index (χ2v) is 3.84. The molecule has 0 bridgehead atoms. The Labute approximate surface area is 79.0 Å². The summed E-state index contributed by atoms with van der Waals surface area (Å²) in [4.78, 5) is 0. The fraction of sp³-hybridized carbons (Fsp3) is 0.100. The number of rotatable bonds is 0. The van der Waals surface area contributed by atoms with Gasteiger partial charge in [0.15, 0.2) is 5.13 Å². The van der Waals surface area contributed by atoms with Crippen LogP contribution in [0.15, 0.2) is 18.2 Å². The monoisotopic (exact) mass is 191 g/mol. The van der Waals surface area contributed by atoms with E-state index in [1.807, 2.05) is 13.0 Å². The molecule has 1 nitrogen and oxygen atoms in total. The SMILES string of the molecule is Cc1ccc(C#N)c2cc(F)sc12. The van der Waals surface area contributed by atoms with E-state index in [0.717, 1.165) is 27.0 Å². The first-order chi connectivity index (χ1) is 6.22. The molecule has 0 saturated heterocycles. The Bertz CT molecular complexity index is 507. The number of hydrogen-bond donors (Lipinski definition) is 0. The zero-order valence-electron chi connectivity index (χ0n) is 6.97. The molecule has 0 unspecified atom stereocenters. The molecule has 64 valence electrons. The summed E-state index contributed by atoms with van der Waals surface area (Å²) in [5.74, 6) is 0. The Morgan fingerprint density at radius 1 is 1.46 bits per heavy atom. The molecule has 2 rings (SSSR count). The maximum absolute atomic E-state index is 12.9. The van der Waals surface area contributed by atoms with Gasteiger partial charge < -0.3 is 0 Å². The lowest BCUT2D eigenvalue weighted by Crippen LogP contribution is -1.77. The largest absolute Gasteiger partial charge is 0.195 e. The van der Waals surface area contributed by atoms with E-state index in [1.165, 1.54) is 6.07 Å². The van der Waals surface area contributed by atoms with Crippen LogP contribution in [0.25, 0.3) is 10.1 Å². The molecule has 0 aliphatic heterocycles. The number of nitrogens with zero attached hydrogens (tertiary/aromatic N) is 1. The minimum absolute atomic E-state index is 0.235. The molecule has 0 amide bonds. The van der Waals surface area contributed by atoms with E-state index in [2.05, 4.69) is 6.07 Å². The third kappa shape index (κ3) is 1.20. The molecule has 2 aromatic rings. The van der Waals surface area contributed by atoms with Crippen LogP contribution in [0.2, 0.25) is 0 Å². The van der Waals surface area contributed by atoms with Crippen molar-refractivity contribution in [1.82, 2.24) is 0 Å². The van der Waals surface area contributed by atoms with E-state index in [0.29, 0.717) is 5.56 Å². The van der Waals surface area contributed by atoms with Crippen LogP contribution in [0.5, 0.6) is 0 Å². The summed E-state index contributed by atoms with van der Waals surface area (Å²) >= 11 is 1.09. The quantitative estimate of drug-likeness (QED) is 0.627. The molecule has 0 saturated carbocycles. The molecule has 3 heteroatoms. The predicted octanol–water partition coefficient (Wildman–Crippen LogP) is 3.22. The van der Waals surface area contributed by atoms with Crippen molar-refractivity contribution in [2.24, 2.45) is 0 Å². The maximum atomic E-state index is 12.9.